The maximum atomic E-state index is 11.2. The van der Waals surface area contributed by atoms with Crippen molar-refractivity contribution in [2.75, 3.05) is 6.61 Å². The molecule has 0 bridgehead atoms. The zero-order chi connectivity index (χ0) is 13.8. The Hall–Kier alpha value is -1.25. The van der Waals surface area contributed by atoms with Crippen LogP contribution in [-0.2, 0) is 15.8 Å². The van der Waals surface area contributed by atoms with Crippen molar-refractivity contribution in [3.05, 3.63) is 33.1 Å². The van der Waals surface area contributed by atoms with Gasteiger partial charge in [-0.1, -0.05) is 0 Å². The molecule has 0 aliphatic rings. The molecule has 1 aromatic rings. The summed E-state index contributed by atoms with van der Waals surface area (Å²) in [4.78, 5) is 41.1. The SMILES string of the molecule is O=c1ccn(CCCOC(O)P(=O)(O)O)c(=O)[nH]1. The predicted octanol–water partition coefficient (Wildman–Crippen LogP) is -1.60. The summed E-state index contributed by atoms with van der Waals surface area (Å²) < 4.78 is 16.2. The Balaban J connectivity index is 2.41. The lowest BCUT2D eigenvalue weighted by Crippen LogP contribution is -2.29. The van der Waals surface area contributed by atoms with E-state index < -0.39 is 24.9 Å². The monoisotopic (exact) mass is 280 g/mol. The fourth-order valence-electron chi connectivity index (χ4n) is 1.14. The standard InChI is InChI=1S/C8H13N2O7P/c11-6-2-4-10(7(12)9-6)3-1-5-17-8(13)18(14,15)16/h2,4,8,13H,1,3,5H2,(H,9,11,12)(H2,14,15,16). The van der Waals surface area contributed by atoms with E-state index in [0.717, 1.165) is 0 Å². The van der Waals surface area contributed by atoms with Crippen molar-refractivity contribution >= 4 is 7.60 Å². The molecule has 0 aliphatic heterocycles. The number of nitrogens with one attached hydrogen (secondary N) is 1. The minimum Gasteiger partial charge on any atom is -0.358 e. The average Bonchev–Trinajstić information content (AvgIpc) is 2.25. The van der Waals surface area contributed by atoms with Crippen LogP contribution in [0.3, 0.4) is 0 Å². The molecule has 0 radical (unpaired) electrons. The maximum Gasteiger partial charge on any atom is 0.381 e. The van der Waals surface area contributed by atoms with Crippen molar-refractivity contribution in [2.24, 2.45) is 0 Å². The summed E-state index contributed by atoms with van der Waals surface area (Å²) in [7, 11) is -4.67. The van der Waals surface area contributed by atoms with Crippen molar-refractivity contribution in [1.29, 1.82) is 0 Å². The quantitative estimate of drug-likeness (QED) is 0.279. The van der Waals surface area contributed by atoms with Gasteiger partial charge in [-0.25, -0.2) is 4.79 Å². The zero-order valence-corrected chi connectivity index (χ0v) is 10.1. The molecule has 102 valence electrons. The summed E-state index contributed by atoms with van der Waals surface area (Å²) in [6.45, 7) is 0.0430. The molecular weight excluding hydrogens is 267 g/mol. The molecule has 0 saturated carbocycles. The number of H-pyrrole nitrogens is 1. The van der Waals surface area contributed by atoms with Crippen LogP contribution in [0.4, 0.5) is 0 Å². The third-order valence-corrected chi connectivity index (χ3v) is 2.72. The van der Waals surface area contributed by atoms with Gasteiger partial charge < -0.3 is 24.2 Å². The van der Waals surface area contributed by atoms with E-state index in [-0.39, 0.29) is 19.6 Å². The van der Waals surface area contributed by atoms with Crippen LogP contribution in [0.1, 0.15) is 6.42 Å². The molecule has 1 aromatic heterocycles. The van der Waals surface area contributed by atoms with Gasteiger partial charge in [0.25, 0.3) is 11.6 Å². The van der Waals surface area contributed by atoms with E-state index in [1.54, 1.807) is 0 Å². The Bertz CT molecular complexity index is 545. The lowest BCUT2D eigenvalue weighted by atomic mass is 10.4. The topological polar surface area (TPSA) is 142 Å². The van der Waals surface area contributed by atoms with Gasteiger partial charge >= 0.3 is 13.3 Å². The molecule has 18 heavy (non-hydrogen) atoms. The molecule has 0 saturated heterocycles. The predicted molar refractivity (Wildman–Crippen MR) is 59.9 cm³/mol. The Labute approximate surface area is 101 Å². The molecule has 1 rings (SSSR count). The van der Waals surface area contributed by atoms with Gasteiger partial charge in [-0.15, -0.1) is 0 Å². The van der Waals surface area contributed by atoms with Crippen molar-refractivity contribution in [2.45, 2.75) is 19.0 Å². The fourth-order valence-corrected chi connectivity index (χ4v) is 1.44. The third-order valence-electron chi connectivity index (χ3n) is 1.99. The van der Waals surface area contributed by atoms with E-state index in [1.807, 2.05) is 4.98 Å². The number of aromatic nitrogens is 2. The number of hydrogen-bond donors (Lipinski definition) is 4. The number of aromatic amines is 1. The van der Waals surface area contributed by atoms with Crippen molar-refractivity contribution in [3.63, 3.8) is 0 Å². The number of hydrogen-bond acceptors (Lipinski definition) is 5. The molecule has 0 fully saturated rings. The highest BCUT2D eigenvalue weighted by atomic mass is 31.2. The van der Waals surface area contributed by atoms with E-state index in [0.29, 0.717) is 0 Å². The molecule has 1 unspecified atom stereocenters. The third kappa shape index (κ3) is 4.55. The molecule has 1 atom stereocenters. The first-order valence-electron chi connectivity index (χ1n) is 4.95. The van der Waals surface area contributed by atoms with Crippen molar-refractivity contribution < 1.29 is 24.2 Å². The first-order chi connectivity index (χ1) is 8.30. The van der Waals surface area contributed by atoms with Crippen LogP contribution in [0.15, 0.2) is 21.9 Å². The molecule has 0 spiro atoms. The largest absolute Gasteiger partial charge is 0.381 e. The second kappa shape index (κ2) is 6.07. The first kappa shape index (κ1) is 14.8. The second-order valence-electron chi connectivity index (χ2n) is 3.44. The highest BCUT2D eigenvalue weighted by Gasteiger charge is 2.26. The van der Waals surface area contributed by atoms with Gasteiger partial charge in [-0.3, -0.25) is 14.3 Å². The molecule has 4 N–H and O–H groups in total. The lowest BCUT2D eigenvalue weighted by Gasteiger charge is -2.13. The van der Waals surface area contributed by atoms with E-state index in [4.69, 9.17) is 14.9 Å². The van der Waals surface area contributed by atoms with E-state index in [1.165, 1.54) is 16.8 Å². The smallest absolute Gasteiger partial charge is 0.358 e. The summed E-state index contributed by atoms with van der Waals surface area (Å²) >= 11 is 0. The van der Waals surface area contributed by atoms with Gasteiger partial charge in [0.2, 0.25) is 0 Å². The average molecular weight is 280 g/mol. The van der Waals surface area contributed by atoms with Gasteiger partial charge in [0.15, 0.2) is 0 Å². The van der Waals surface area contributed by atoms with Gasteiger partial charge in [-0.2, -0.15) is 0 Å². The highest BCUT2D eigenvalue weighted by molar-refractivity contribution is 7.52. The molecular formula is C8H13N2O7P. The van der Waals surface area contributed by atoms with Crippen LogP contribution in [0.2, 0.25) is 0 Å². The zero-order valence-electron chi connectivity index (χ0n) is 9.22. The Kier molecular flexibility index (Phi) is 5.00. The lowest BCUT2D eigenvalue weighted by molar-refractivity contribution is -0.0564. The molecule has 1 heterocycles. The van der Waals surface area contributed by atoms with Crippen LogP contribution in [0.25, 0.3) is 0 Å². The van der Waals surface area contributed by atoms with Crippen LogP contribution >= 0.6 is 7.60 Å². The molecule has 9 nitrogen and oxygen atoms in total. The number of aryl methyl sites for hydroxylation is 1. The normalized spacial score (nSPS) is 13.5. The van der Waals surface area contributed by atoms with Gasteiger partial charge in [-0.05, 0) is 6.42 Å². The van der Waals surface area contributed by atoms with Crippen molar-refractivity contribution in [3.8, 4) is 0 Å². The first-order valence-corrected chi connectivity index (χ1v) is 6.63. The number of nitrogens with zero attached hydrogens (tertiary/aromatic N) is 1. The minimum atomic E-state index is -4.67. The summed E-state index contributed by atoms with van der Waals surface area (Å²) in [5.41, 5.74) is -1.09. The van der Waals surface area contributed by atoms with Crippen LogP contribution in [0, 0.1) is 0 Å². The summed E-state index contributed by atoms with van der Waals surface area (Å²) in [6.07, 6.45) is 1.53. The Morgan fingerprint density at radius 2 is 2.11 bits per heavy atom. The van der Waals surface area contributed by atoms with Crippen molar-refractivity contribution in [1.82, 2.24) is 9.55 Å². The van der Waals surface area contributed by atoms with Gasteiger partial charge in [0, 0.05) is 18.8 Å². The van der Waals surface area contributed by atoms with Crippen LogP contribution < -0.4 is 11.2 Å². The van der Waals surface area contributed by atoms with E-state index >= 15 is 0 Å². The number of aliphatic hydroxyl groups is 1. The highest BCUT2D eigenvalue weighted by Crippen LogP contribution is 2.39. The number of rotatable bonds is 6. The Morgan fingerprint density at radius 1 is 1.44 bits per heavy atom. The van der Waals surface area contributed by atoms with Gasteiger partial charge in [0.05, 0.1) is 6.61 Å². The summed E-state index contributed by atoms with van der Waals surface area (Å²) in [5, 5.41) is 8.87. The second-order valence-corrected chi connectivity index (χ2v) is 5.06. The molecule has 0 amide bonds. The minimum absolute atomic E-state index is 0.141. The molecule has 0 aliphatic carbocycles. The number of aliphatic hydroxyl groups excluding tert-OH is 1. The molecule has 10 heteroatoms. The fraction of sp³-hybridized carbons (Fsp3) is 0.500. The van der Waals surface area contributed by atoms with Crippen LogP contribution in [0.5, 0.6) is 0 Å². The number of ether oxygens (including phenoxy) is 1. The summed E-state index contributed by atoms with van der Waals surface area (Å²) in [5.74, 6) is 0. The van der Waals surface area contributed by atoms with Gasteiger partial charge in [0.1, 0.15) is 0 Å². The Morgan fingerprint density at radius 3 is 2.67 bits per heavy atom. The summed E-state index contributed by atoms with van der Waals surface area (Å²) in [6, 6.07) is -0.989. The molecule has 0 aromatic carbocycles. The maximum absolute atomic E-state index is 11.2. The van der Waals surface area contributed by atoms with E-state index in [9.17, 15) is 14.2 Å². The van der Waals surface area contributed by atoms with Crippen LogP contribution in [-0.4, -0.2) is 37.1 Å². The van der Waals surface area contributed by atoms with E-state index in [2.05, 4.69) is 4.74 Å².